The van der Waals surface area contributed by atoms with Crippen LogP contribution < -0.4 is 9.47 Å². The fraction of sp³-hybridized carbons (Fsp3) is 0.654. The number of nitrogens with zero attached hydrogens (tertiary/aromatic N) is 1. The molecule has 1 aromatic heterocycles. The normalized spacial score (nSPS) is 13.4. The van der Waals surface area contributed by atoms with E-state index in [1.165, 1.54) is 38.5 Å². The maximum Gasteiger partial charge on any atom is 0.149 e. The van der Waals surface area contributed by atoms with Crippen LogP contribution in [-0.4, -0.2) is 18.2 Å². The molecule has 162 valence electrons. The molecule has 0 aliphatic carbocycles. The Bertz CT molecular complexity index is 728. The van der Waals surface area contributed by atoms with Crippen LogP contribution in [0.3, 0.4) is 0 Å². The number of aryl methyl sites for hydroxylation is 1. The molecule has 29 heavy (non-hydrogen) atoms. The Morgan fingerprint density at radius 2 is 1.45 bits per heavy atom. The molecule has 0 amide bonds. The molecule has 0 aliphatic heterocycles. The average molecular weight is 400 g/mol. The van der Waals surface area contributed by atoms with Crippen molar-refractivity contribution in [1.82, 2.24) is 4.98 Å². The van der Waals surface area contributed by atoms with Gasteiger partial charge in [-0.05, 0) is 43.7 Å². The van der Waals surface area contributed by atoms with Gasteiger partial charge in [0.25, 0.3) is 0 Å². The summed E-state index contributed by atoms with van der Waals surface area (Å²) in [6.45, 7) is 12.6. The lowest BCUT2D eigenvalue weighted by molar-refractivity contribution is 0.224. The van der Waals surface area contributed by atoms with E-state index >= 15 is 0 Å². The zero-order valence-corrected chi connectivity index (χ0v) is 19.3. The van der Waals surface area contributed by atoms with Gasteiger partial charge in [0.2, 0.25) is 0 Å². The first-order chi connectivity index (χ1) is 14.1. The minimum absolute atomic E-state index is 0.595. The van der Waals surface area contributed by atoms with Crippen molar-refractivity contribution in [3.63, 3.8) is 0 Å². The Kier molecular flexibility index (Phi) is 10.3. The van der Waals surface area contributed by atoms with Crippen molar-refractivity contribution < 1.29 is 9.47 Å². The molecule has 1 heterocycles. The van der Waals surface area contributed by atoms with Gasteiger partial charge in [0.1, 0.15) is 17.0 Å². The summed E-state index contributed by atoms with van der Waals surface area (Å²) in [5.74, 6) is 2.97. The Morgan fingerprint density at radius 3 is 2.03 bits per heavy atom. The van der Waals surface area contributed by atoms with Gasteiger partial charge in [0, 0.05) is 17.1 Å². The lowest BCUT2D eigenvalue weighted by Gasteiger charge is -2.19. The third-order valence-corrected chi connectivity index (χ3v) is 5.92. The van der Waals surface area contributed by atoms with Crippen molar-refractivity contribution in [3.8, 4) is 11.5 Å². The van der Waals surface area contributed by atoms with E-state index in [4.69, 9.17) is 14.5 Å². The molecule has 0 bridgehead atoms. The summed E-state index contributed by atoms with van der Waals surface area (Å²) in [4.78, 5) is 4.75. The highest BCUT2D eigenvalue weighted by Gasteiger charge is 2.13. The van der Waals surface area contributed by atoms with E-state index in [-0.39, 0.29) is 0 Å². The van der Waals surface area contributed by atoms with Crippen LogP contribution in [0.5, 0.6) is 11.5 Å². The smallest absolute Gasteiger partial charge is 0.149 e. The molecule has 0 saturated heterocycles. The topological polar surface area (TPSA) is 31.4 Å². The maximum atomic E-state index is 6.32. The van der Waals surface area contributed by atoms with E-state index in [1.54, 1.807) is 0 Å². The number of hydrogen-bond acceptors (Lipinski definition) is 3. The summed E-state index contributed by atoms with van der Waals surface area (Å²) in [6, 6.07) is 8.34. The van der Waals surface area contributed by atoms with Crippen LogP contribution in [0.4, 0.5) is 0 Å². The molecule has 0 spiro atoms. The van der Waals surface area contributed by atoms with Crippen LogP contribution in [0.1, 0.15) is 84.8 Å². The zero-order chi connectivity index (χ0) is 21.1. The minimum Gasteiger partial charge on any atom is -0.493 e. The van der Waals surface area contributed by atoms with E-state index < -0.39 is 0 Å². The molecular formula is C26H41NO2. The van der Waals surface area contributed by atoms with Gasteiger partial charge in [-0.2, -0.15) is 0 Å². The molecule has 0 fully saturated rings. The fourth-order valence-corrected chi connectivity index (χ4v) is 3.69. The predicted molar refractivity (Wildman–Crippen MR) is 124 cm³/mol. The van der Waals surface area contributed by atoms with Crippen LogP contribution in [-0.2, 0) is 0 Å². The second kappa shape index (κ2) is 12.7. The number of aromatic nitrogens is 1. The molecule has 1 aromatic carbocycles. The van der Waals surface area contributed by atoms with Crippen LogP contribution >= 0.6 is 0 Å². The van der Waals surface area contributed by atoms with Gasteiger partial charge < -0.3 is 9.47 Å². The molecular weight excluding hydrogens is 358 g/mol. The Labute approximate surface area is 178 Å². The quantitative estimate of drug-likeness (QED) is 0.325. The number of hydrogen-bond donors (Lipinski definition) is 0. The minimum atomic E-state index is 0.595. The first-order valence-corrected chi connectivity index (χ1v) is 11.8. The molecule has 0 radical (unpaired) electrons. The molecule has 2 unspecified atom stereocenters. The highest BCUT2D eigenvalue weighted by Crippen LogP contribution is 2.31. The second-order valence-corrected chi connectivity index (χ2v) is 8.40. The summed E-state index contributed by atoms with van der Waals surface area (Å²) < 4.78 is 12.5. The second-order valence-electron chi connectivity index (χ2n) is 8.40. The van der Waals surface area contributed by atoms with Gasteiger partial charge in [0.15, 0.2) is 0 Å². The Hall–Kier alpha value is -1.77. The zero-order valence-electron chi connectivity index (χ0n) is 19.3. The van der Waals surface area contributed by atoms with Crippen molar-refractivity contribution in [1.29, 1.82) is 0 Å². The van der Waals surface area contributed by atoms with Crippen LogP contribution in [0, 0.1) is 18.8 Å². The van der Waals surface area contributed by atoms with Crippen molar-refractivity contribution in [2.45, 2.75) is 86.0 Å². The number of unbranched alkanes of at least 4 members (excludes halogenated alkanes) is 2. The molecule has 0 N–H and O–H groups in total. The average Bonchev–Trinajstić information content (AvgIpc) is 2.74. The van der Waals surface area contributed by atoms with Gasteiger partial charge in [-0.15, -0.1) is 0 Å². The highest BCUT2D eigenvalue weighted by atomic mass is 16.5. The SMILES string of the molecule is CCCCC(CC)COc1cc(OCC(CC)CCCC)c2nc(C)ccc2c1. The van der Waals surface area contributed by atoms with E-state index in [0.29, 0.717) is 11.8 Å². The standard InChI is InChI=1S/C26H41NO2/c1-6-10-12-21(8-3)18-28-24-16-23-15-14-20(5)27-26(23)25(17-24)29-19-22(9-4)13-11-7-2/h14-17,21-22H,6-13,18-19H2,1-5H3. The summed E-state index contributed by atoms with van der Waals surface area (Å²) in [6.07, 6.45) is 9.78. The summed E-state index contributed by atoms with van der Waals surface area (Å²) in [7, 11) is 0. The molecule has 3 nitrogen and oxygen atoms in total. The van der Waals surface area contributed by atoms with Gasteiger partial charge in [-0.3, -0.25) is 0 Å². The highest BCUT2D eigenvalue weighted by molar-refractivity contribution is 5.86. The van der Waals surface area contributed by atoms with Gasteiger partial charge in [0.05, 0.1) is 13.2 Å². The van der Waals surface area contributed by atoms with Crippen molar-refractivity contribution in [3.05, 3.63) is 30.0 Å². The fourth-order valence-electron chi connectivity index (χ4n) is 3.69. The van der Waals surface area contributed by atoms with Crippen LogP contribution in [0.25, 0.3) is 10.9 Å². The number of pyridine rings is 1. The molecule has 0 saturated carbocycles. The lowest BCUT2D eigenvalue weighted by Crippen LogP contribution is -2.13. The van der Waals surface area contributed by atoms with Gasteiger partial charge in [-0.1, -0.05) is 72.3 Å². The summed E-state index contributed by atoms with van der Waals surface area (Å²) >= 11 is 0. The predicted octanol–water partition coefficient (Wildman–Crippen LogP) is 7.73. The molecule has 2 atom stereocenters. The molecule has 3 heteroatoms. The first-order valence-electron chi connectivity index (χ1n) is 11.8. The van der Waals surface area contributed by atoms with Gasteiger partial charge in [-0.25, -0.2) is 4.98 Å². The number of fused-ring (bicyclic) bond motifs is 1. The van der Waals surface area contributed by atoms with Crippen LogP contribution in [0.15, 0.2) is 24.3 Å². The van der Waals surface area contributed by atoms with E-state index in [2.05, 4.69) is 45.9 Å². The van der Waals surface area contributed by atoms with Gasteiger partial charge >= 0.3 is 0 Å². The third kappa shape index (κ3) is 7.53. The number of benzene rings is 1. The summed E-state index contributed by atoms with van der Waals surface area (Å²) in [5.41, 5.74) is 1.96. The van der Waals surface area contributed by atoms with E-state index in [9.17, 15) is 0 Å². The molecule has 2 rings (SSSR count). The first kappa shape index (κ1) is 23.5. The lowest BCUT2D eigenvalue weighted by atomic mass is 10.0. The monoisotopic (exact) mass is 399 g/mol. The third-order valence-electron chi connectivity index (χ3n) is 5.92. The van der Waals surface area contributed by atoms with E-state index in [1.807, 2.05) is 13.0 Å². The molecule has 2 aromatic rings. The Balaban J connectivity index is 2.17. The number of ether oxygens (including phenoxy) is 2. The summed E-state index contributed by atoms with van der Waals surface area (Å²) in [5, 5.41) is 1.09. The van der Waals surface area contributed by atoms with E-state index in [0.717, 1.165) is 54.2 Å². The Morgan fingerprint density at radius 1 is 0.828 bits per heavy atom. The van der Waals surface area contributed by atoms with Crippen molar-refractivity contribution in [2.75, 3.05) is 13.2 Å². The number of rotatable bonds is 14. The largest absolute Gasteiger partial charge is 0.493 e. The molecule has 0 aliphatic rings. The van der Waals surface area contributed by atoms with Crippen LogP contribution in [0.2, 0.25) is 0 Å². The van der Waals surface area contributed by atoms with Crippen molar-refractivity contribution >= 4 is 10.9 Å². The maximum absolute atomic E-state index is 6.32. The van der Waals surface area contributed by atoms with Crippen molar-refractivity contribution in [2.24, 2.45) is 11.8 Å².